The zero-order valence-corrected chi connectivity index (χ0v) is 17.7. The van der Waals surface area contributed by atoms with Crippen LogP contribution in [0.15, 0.2) is 73.1 Å². The molecule has 4 rings (SSSR count). The first-order chi connectivity index (χ1) is 15.5. The lowest BCUT2D eigenvalue weighted by atomic mass is 9.99. The monoisotopic (exact) mass is 433 g/mol. The molecular formula is C25H24FN3O3. The van der Waals surface area contributed by atoms with Gasteiger partial charge in [-0.2, -0.15) is 0 Å². The molecule has 0 saturated carbocycles. The van der Waals surface area contributed by atoms with Crippen molar-refractivity contribution in [3.05, 3.63) is 84.4 Å². The maximum atomic E-state index is 13.4. The van der Waals surface area contributed by atoms with Crippen LogP contribution in [0.4, 0.5) is 4.39 Å². The van der Waals surface area contributed by atoms with Crippen molar-refractivity contribution in [2.45, 2.75) is 25.5 Å². The van der Waals surface area contributed by atoms with Crippen molar-refractivity contribution >= 4 is 11.8 Å². The van der Waals surface area contributed by atoms with Gasteiger partial charge in [-0.3, -0.25) is 14.6 Å². The molecule has 1 aromatic heterocycles. The predicted octanol–water partition coefficient (Wildman–Crippen LogP) is 3.22. The fourth-order valence-electron chi connectivity index (χ4n) is 3.81. The van der Waals surface area contributed by atoms with Gasteiger partial charge in [-0.05, 0) is 47.9 Å². The number of nitrogens with one attached hydrogen (secondary N) is 1. The molecule has 0 aliphatic carbocycles. The van der Waals surface area contributed by atoms with E-state index in [2.05, 4.69) is 10.3 Å². The predicted molar refractivity (Wildman–Crippen MR) is 118 cm³/mol. The maximum absolute atomic E-state index is 13.4. The van der Waals surface area contributed by atoms with Crippen molar-refractivity contribution in [2.75, 3.05) is 13.1 Å². The van der Waals surface area contributed by atoms with E-state index < -0.39 is 18.0 Å². The zero-order valence-electron chi connectivity index (χ0n) is 17.7. The summed E-state index contributed by atoms with van der Waals surface area (Å²) in [4.78, 5) is 31.3. The molecule has 0 unspecified atom stereocenters. The Morgan fingerprint density at radius 1 is 1.16 bits per heavy atom. The summed E-state index contributed by atoms with van der Waals surface area (Å²) in [6, 6.07) is 16.8. The Morgan fingerprint density at radius 3 is 2.59 bits per heavy atom. The van der Waals surface area contributed by atoms with Crippen LogP contribution >= 0.6 is 0 Å². The molecule has 6 nitrogen and oxygen atoms in total. The number of ether oxygens (including phenoxy) is 1. The Bertz CT molecular complexity index is 1090. The Morgan fingerprint density at radius 2 is 1.88 bits per heavy atom. The summed E-state index contributed by atoms with van der Waals surface area (Å²) in [6.07, 6.45) is 3.03. The number of hydrogen-bond acceptors (Lipinski definition) is 4. The topological polar surface area (TPSA) is 71.5 Å². The van der Waals surface area contributed by atoms with Crippen LogP contribution in [-0.2, 0) is 16.0 Å². The third-order valence-corrected chi connectivity index (χ3v) is 5.47. The first kappa shape index (κ1) is 21.5. The van der Waals surface area contributed by atoms with Crippen LogP contribution in [0.25, 0.3) is 11.1 Å². The number of benzene rings is 2. The standard InChI is InChI=1S/C25H24FN3O3/c1-17(32-22-4-2-3-21(26)16-22)25(31)29-14-13-28-24(30)23(29)15-18-5-7-19(8-6-18)20-9-11-27-12-10-20/h2-12,16-17,23H,13-15H2,1H3,(H,28,30)/t17-,23+/m1/s1. The van der Waals surface area contributed by atoms with Gasteiger partial charge in [0.05, 0.1) is 0 Å². The van der Waals surface area contributed by atoms with E-state index in [9.17, 15) is 14.0 Å². The first-order valence-corrected chi connectivity index (χ1v) is 10.5. The fraction of sp³-hybridized carbons (Fsp3) is 0.240. The molecule has 2 aromatic carbocycles. The van der Waals surface area contributed by atoms with Crippen LogP contribution in [-0.4, -0.2) is 46.9 Å². The van der Waals surface area contributed by atoms with E-state index >= 15 is 0 Å². The van der Waals surface area contributed by atoms with Gasteiger partial charge in [0.15, 0.2) is 6.10 Å². The Kier molecular flexibility index (Phi) is 6.44. The lowest BCUT2D eigenvalue weighted by Gasteiger charge is -2.36. The Labute approximate surface area is 186 Å². The summed E-state index contributed by atoms with van der Waals surface area (Å²) in [5.41, 5.74) is 3.05. The van der Waals surface area contributed by atoms with Gasteiger partial charge in [0.2, 0.25) is 5.91 Å². The third kappa shape index (κ3) is 4.94. The van der Waals surface area contributed by atoms with Crippen LogP contribution in [0.2, 0.25) is 0 Å². The molecule has 1 saturated heterocycles. The quantitative estimate of drug-likeness (QED) is 0.648. The van der Waals surface area contributed by atoms with Gasteiger partial charge in [-0.15, -0.1) is 0 Å². The second kappa shape index (κ2) is 9.60. The number of halogens is 1. The van der Waals surface area contributed by atoms with Gasteiger partial charge >= 0.3 is 0 Å². The number of aromatic nitrogens is 1. The van der Waals surface area contributed by atoms with Gasteiger partial charge < -0.3 is 15.0 Å². The second-order valence-corrected chi connectivity index (χ2v) is 7.69. The minimum Gasteiger partial charge on any atom is -0.481 e. The summed E-state index contributed by atoms with van der Waals surface area (Å²) in [6.45, 7) is 2.39. The van der Waals surface area contributed by atoms with E-state index in [0.717, 1.165) is 16.7 Å². The summed E-state index contributed by atoms with van der Waals surface area (Å²) in [7, 11) is 0. The normalized spacial score (nSPS) is 16.9. The molecule has 7 heteroatoms. The molecule has 2 atom stereocenters. The summed E-state index contributed by atoms with van der Waals surface area (Å²) in [5.74, 6) is -0.661. The van der Waals surface area contributed by atoms with E-state index in [-0.39, 0.29) is 17.6 Å². The highest BCUT2D eigenvalue weighted by Gasteiger charge is 2.35. The summed E-state index contributed by atoms with van der Waals surface area (Å²) in [5, 5.41) is 2.84. The molecule has 0 spiro atoms. The number of carbonyl (C=O) groups is 2. The number of nitrogens with zero attached hydrogens (tertiary/aromatic N) is 2. The molecule has 0 bridgehead atoms. The van der Waals surface area contributed by atoms with Gasteiger partial charge in [0, 0.05) is 38.0 Å². The Hall–Kier alpha value is -3.74. The highest BCUT2D eigenvalue weighted by atomic mass is 19.1. The average molecular weight is 433 g/mol. The van der Waals surface area contributed by atoms with Crippen LogP contribution < -0.4 is 10.1 Å². The van der Waals surface area contributed by atoms with Crippen LogP contribution in [0.3, 0.4) is 0 Å². The molecule has 0 radical (unpaired) electrons. The molecule has 1 aliphatic heterocycles. The lowest BCUT2D eigenvalue weighted by molar-refractivity contribution is -0.147. The van der Waals surface area contributed by atoms with Gasteiger partial charge in [-0.1, -0.05) is 30.3 Å². The zero-order chi connectivity index (χ0) is 22.5. The Balaban J connectivity index is 1.47. The highest BCUT2D eigenvalue weighted by Crippen LogP contribution is 2.21. The van der Waals surface area contributed by atoms with Crippen LogP contribution in [0, 0.1) is 5.82 Å². The molecule has 164 valence electrons. The number of piperazine rings is 1. The molecular weight excluding hydrogens is 409 g/mol. The van der Waals surface area contributed by atoms with E-state index in [4.69, 9.17) is 4.74 Å². The lowest BCUT2D eigenvalue weighted by Crippen LogP contribution is -2.60. The molecule has 2 amide bonds. The fourth-order valence-corrected chi connectivity index (χ4v) is 3.81. The van der Waals surface area contributed by atoms with Crippen molar-refractivity contribution in [3.8, 4) is 16.9 Å². The van der Waals surface area contributed by atoms with Crippen molar-refractivity contribution in [1.29, 1.82) is 0 Å². The minimum absolute atomic E-state index is 0.194. The molecule has 1 fully saturated rings. The van der Waals surface area contributed by atoms with Crippen molar-refractivity contribution in [3.63, 3.8) is 0 Å². The minimum atomic E-state index is -0.848. The molecule has 32 heavy (non-hydrogen) atoms. The molecule has 3 aromatic rings. The molecule has 1 aliphatic rings. The average Bonchev–Trinajstić information content (AvgIpc) is 2.81. The number of hydrogen-bond donors (Lipinski definition) is 1. The molecule has 1 N–H and O–H groups in total. The van der Waals surface area contributed by atoms with Crippen molar-refractivity contribution in [1.82, 2.24) is 15.2 Å². The SMILES string of the molecule is C[C@@H](Oc1cccc(F)c1)C(=O)N1CCNC(=O)[C@@H]1Cc1ccc(-c2ccncc2)cc1. The number of pyridine rings is 1. The van der Waals surface area contributed by atoms with Gasteiger partial charge in [0.25, 0.3) is 5.91 Å². The van der Waals surface area contributed by atoms with E-state index in [1.165, 1.54) is 18.2 Å². The smallest absolute Gasteiger partial charge is 0.264 e. The number of rotatable bonds is 6. The second-order valence-electron chi connectivity index (χ2n) is 7.69. The first-order valence-electron chi connectivity index (χ1n) is 10.5. The van der Waals surface area contributed by atoms with Crippen molar-refractivity contribution in [2.24, 2.45) is 0 Å². The van der Waals surface area contributed by atoms with Crippen molar-refractivity contribution < 1.29 is 18.7 Å². The summed E-state index contributed by atoms with van der Waals surface area (Å²) < 4.78 is 19.1. The van der Waals surface area contributed by atoms with Gasteiger partial charge in [-0.25, -0.2) is 4.39 Å². The summed E-state index contributed by atoms with van der Waals surface area (Å²) >= 11 is 0. The van der Waals surface area contributed by atoms with Crippen LogP contribution in [0.1, 0.15) is 12.5 Å². The van der Waals surface area contributed by atoms with Crippen LogP contribution in [0.5, 0.6) is 5.75 Å². The van der Waals surface area contributed by atoms with E-state index in [1.54, 1.807) is 30.3 Å². The third-order valence-electron chi connectivity index (χ3n) is 5.47. The largest absolute Gasteiger partial charge is 0.481 e. The van der Waals surface area contributed by atoms with Gasteiger partial charge in [0.1, 0.15) is 17.6 Å². The molecule has 2 heterocycles. The number of amides is 2. The maximum Gasteiger partial charge on any atom is 0.264 e. The highest BCUT2D eigenvalue weighted by molar-refractivity contribution is 5.90. The van der Waals surface area contributed by atoms with E-state index in [0.29, 0.717) is 19.5 Å². The number of carbonyl (C=O) groups excluding carboxylic acids is 2. The van der Waals surface area contributed by atoms with E-state index in [1.807, 2.05) is 36.4 Å².